The lowest BCUT2D eigenvalue weighted by Gasteiger charge is -2.10. The quantitative estimate of drug-likeness (QED) is 0.600. The number of nitrogens with one attached hydrogen (secondary N) is 2. The Morgan fingerprint density at radius 1 is 1.47 bits per heavy atom. The van der Waals surface area contributed by atoms with Gasteiger partial charge in [0.2, 0.25) is 0 Å². The van der Waals surface area contributed by atoms with Crippen LogP contribution in [0.2, 0.25) is 5.15 Å². The molecule has 0 fully saturated rings. The zero-order valence-electron chi connectivity index (χ0n) is 9.53. The zero-order chi connectivity index (χ0) is 12.9. The van der Waals surface area contributed by atoms with Gasteiger partial charge in [0.05, 0.1) is 18.0 Å². The minimum absolute atomic E-state index is 0.200. The Morgan fingerprint density at radius 3 is 2.76 bits per heavy atom. The van der Waals surface area contributed by atoms with Crippen LogP contribution in [-0.2, 0) is 14.9 Å². The van der Waals surface area contributed by atoms with Crippen LogP contribution in [0.25, 0.3) is 0 Å². The fourth-order valence-electron chi connectivity index (χ4n) is 1.10. The molecule has 0 aliphatic rings. The molecule has 0 unspecified atom stereocenters. The lowest BCUT2D eigenvalue weighted by molar-refractivity contribution is 0.204. The van der Waals surface area contributed by atoms with E-state index in [1.54, 1.807) is 13.0 Å². The number of aryl methyl sites for hydroxylation is 1. The number of halogens is 1. The smallest absolute Gasteiger partial charge is 0.299 e. The average Bonchev–Trinajstić information content (AvgIpc) is 2.22. The molecular formula is C9H14ClN3O3S. The van der Waals surface area contributed by atoms with Crippen LogP contribution in [0.3, 0.4) is 0 Å². The van der Waals surface area contributed by atoms with Crippen molar-refractivity contribution in [2.75, 3.05) is 25.0 Å². The molecule has 17 heavy (non-hydrogen) atoms. The van der Waals surface area contributed by atoms with Crippen LogP contribution < -0.4 is 9.44 Å². The molecule has 0 aromatic carbocycles. The van der Waals surface area contributed by atoms with Gasteiger partial charge in [0.1, 0.15) is 5.15 Å². The minimum atomic E-state index is -3.61. The number of pyridine rings is 1. The van der Waals surface area contributed by atoms with E-state index in [0.717, 1.165) is 0 Å². The van der Waals surface area contributed by atoms with E-state index in [-0.39, 0.29) is 6.54 Å². The summed E-state index contributed by atoms with van der Waals surface area (Å²) in [6, 6.07) is 3.07. The van der Waals surface area contributed by atoms with Crippen molar-refractivity contribution >= 4 is 27.5 Å². The summed E-state index contributed by atoms with van der Waals surface area (Å²) in [6.45, 7) is 2.17. The van der Waals surface area contributed by atoms with E-state index in [9.17, 15) is 8.42 Å². The van der Waals surface area contributed by atoms with Gasteiger partial charge in [-0.25, -0.2) is 4.98 Å². The van der Waals surface area contributed by atoms with E-state index < -0.39 is 10.2 Å². The lowest BCUT2D eigenvalue weighted by atomic mass is 10.3. The molecule has 0 spiro atoms. The maximum absolute atomic E-state index is 11.6. The molecule has 1 aromatic heterocycles. The summed E-state index contributed by atoms with van der Waals surface area (Å²) in [5.74, 6) is 0. The van der Waals surface area contributed by atoms with Gasteiger partial charge in [0, 0.05) is 13.7 Å². The molecule has 0 saturated heterocycles. The Kier molecular flexibility index (Phi) is 5.13. The standard InChI is InChI=1S/C9H14ClN3O3S/c1-7-8(3-4-9(10)12-7)13-17(14,15)11-5-6-16-2/h3-4,11,13H,5-6H2,1-2H3. The van der Waals surface area contributed by atoms with Crippen LogP contribution in [-0.4, -0.2) is 33.7 Å². The molecule has 6 nitrogen and oxygen atoms in total. The molecule has 8 heteroatoms. The number of aromatic nitrogens is 1. The number of anilines is 1. The zero-order valence-corrected chi connectivity index (χ0v) is 11.1. The highest BCUT2D eigenvalue weighted by molar-refractivity contribution is 7.90. The lowest BCUT2D eigenvalue weighted by Crippen LogP contribution is -2.32. The van der Waals surface area contributed by atoms with Crippen molar-refractivity contribution in [3.63, 3.8) is 0 Å². The summed E-state index contributed by atoms with van der Waals surface area (Å²) in [6.07, 6.45) is 0. The molecule has 0 radical (unpaired) electrons. The topological polar surface area (TPSA) is 80.3 Å². The third-order valence-corrected chi connectivity index (χ3v) is 3.18. The first kappa shape index (κ1) is 14.2. The minimum Gasteiger partial charge on any atom is -0.383 e. The third kappa shape index (κ3) is 4.86. The van der Waals surface area contributed by atoms with Gasteiger partial charge in [-0.05, 0) is 19.1 Å². The maximum atomic E-state index is 11.6. The Morgan fingerprint density at radius 2 is 2.18 bits per heavy atom. The summed E-state index contributed by atoms with van der Waals surface area (Å²) >= 11 is 5.67. The van der Waals surface area contributed by atoms with Crippen LogP contribution in [0.1, 0.15) is 5.69 Å². The summed E-state index contributed by atoms with van der Waals surface area (Å²) in [4.78, 5) is 3.94. The van der Waals surface area contributed by atoms with E-state index in [1.807, 2.05) is 0 Å². The molecule has 0 aliphatic heterocycles. The highest BCUT2D eigenvalue weighted by Crippen LogP contribution is 2.16. The van der Waals surface area contributed by atoms with Crippen molar-refractivity contribution in [1.29, 1.82) is 0 Å². The van der Waals surface area contributed by atoms with E-state index in [0.29, 0.717) is 23.1 Å². The number of methoxy groups -OCH3 is 1. The summed E-state index contributed by atoms with van der Waals surface area (Å²) in [5, 5.41) is 0.317. The first-order valence-corrected chi connectivity index (χ1v) is 6.70. The normalized spacial score (nSPS) is 11.5. The van der Waals surface area contributed by atoms with Crippen molar-refractivity contribution in [1.82, 2.24) is 9.71 Å². The van der Waals surface area contributed by atoms with Crippen molar-refractivity contribution in [2.45, 2.75) is 6.92 Å². The second-order valence-corrected chi connectivity index (χ2v) is 5.15. The van der Waals surface area contributed by atoms with Gasteiger partial charge in [-0.2, -0.15) is 13.1 Å². The molecule has 2 N–H and O–H groups in total. The number of nitrogens with zero attached hydrogens (tertiary/aromatic N) is 1. The molecular weight excluding hydrogens is 266 g/mol. The first-order valence-electron chi connectivity index (χ1n) is 4.84. The molecule has 1 aromatic rings. The second kappa shape index (κ2) is 6.15. The van der Waals surface area contributed by atoms with Crippen molar-refractivity contribution in [2.24, 2.45) is 0 Å². The molecule has 1 heterocycles. The number of ether oxygens (including phenoxy) is 1. The van der Waals surface area contributed by atoms with Crippen molar-refractivity contribution < 1.29 is 13.2 Å². The molecule has 96 valence electrons. The number of rotatable bonds is 6. The molecule has 0 amide bonds. The third-order valence-electron chi connectivity index (χ3n) is 1.89. The van der Waals surface area contributed by atoms with Crippen molar-refractivity contribution in [3.05, 3.63) is 23.0 Å². The van der Waals surface area contributed by atoms with Gasteiger partial charge < -0.3 is 4.74 Å². The number of hydrogen-bond donors (Lipinski definition) is 2. The Labute approximate surface area is 106 Å². The first-order chi connectivity index (χ1) is 7.94. The predicted octanol–water partition coefficient (Wildman–Crippen LogP) is 0.936. The summed E-state index contributed by atoms with van der Waals surface area (Å²) < 4.78 is 32.6. The van der Waals surface area contributed by atoms with Gasteiger partial charge >= 0.3 is 0 Å². The average molecular weight is 280 g/mol. The maximum Gasteiger partial charge on any atom is 0.299 e. The van der Waals surface area contributed by atoms with Gasteiger partial charge in [0.25, 0.3) is 10.2 Å². The SMILES string of the molecule is COCCNS(=O)(=O)Nc1ccc(Cl)nc1C. The van der Waals surface area contributed by atoms with E-state index in [2.05, 4.69) is 14.4 Å². The molecule has 0 atom stereocenters. The highest BCUT2D eigenvalue weighted by atomic mass is 35.5. The second-order valence-electron chi connectivity index (χ2n) is 3.26. The molecule has 0 aliphatic carbocycles. The van der Waals surface area contributed by atoms with Crippen molar-refractivity contribution in [3.8, 4) is 0 Å². The van der Waals surface area contributed by atoms with Gasteiger partial charge in [-0.1, -0.05) is 11.6 Å². The van der Waals surface area contributed by atoms with Gasteiger partial charge in [-0.3, -0.25) is 4.72 Å². The van der Waals surface area contributed by atoms with Crippen LogP contribution in [0.5, 0.6) is 0 Å². The van der Waals surface area contributed by atoms with E-state index >= 15 is 0 Å². The van der Waals surface area contributed by atoms with E-state index in [1.165, 1.54) is 13.2 Å². The van der Waals surface area contributed by atoms with Gasteiger partial charge in [-0.15, -0.1) is 0 Å². The summed E-state index contributed by atoms with van der Waals surface area (Å²) in [7, 11) is -2.11. The van der Waals surface area contributed by atoms with E-state index in [4.69, 9.17) is 16.3 Å². The Hall–Kier alpha value is -0.890. The Bertz CT molecular complexity index is 478. The van der Waals surface area contributed by atoms with Gasteiger partial charge in [0.15, 0.2) is 0 Å². The van der Waals surface area contributed by atoms with Crippen LogP contribution in [0.15, 0.2) is 12.1 Å². The Balaban J connectivity index is 2.69. The highest BCUT2D eigenvalue weighted by Gasteiger charge is 2.11. The number of hydrogen-bond acceptors (Lipinski definition) is 4. The van der Waals surface area contributed by atoms with Crippen LogP contribution >= 0.6 is 11.6 Å². The van der Waals surface area contributed by atoms with Crippen LogP contribution in [0, 0.1) is 6.92 Å². The monoisotopic (exact) mass is 279 g/mol. The fraction of sp³-hybridized carbons (Fsp3) is 0.444. The predicted molar refractivity (Wildman–Crippen MR) is 66.4 cm³/mol. The largest absolute Gasteiger partial charge is 0.383 e. The van der Waals surface area contributed by atoms with Crippen LogP contribution in [0.4, 0.5) is 5.69 Å². The molecule has 1 rings (SSSR count). The molecule has 0 saturated carbocycles. The summed E-state index contributed by atoms with van der Waals surface area (Å²) in [5.41, 5.74) is 0.897. The fourth-order valence-corrected chi connectivity index (χ4v) is 2.22. The molecule has 0 bridgehead atoms.